The summed E-state index contributed by atoms with van der Waals surface area (Å²) in [5.41, 5.74) is 6.00. The maximum Gasteiger partial charge on any atom is 0.251 e. The summed E-state index contributed by atoms with van der Waals surface area (Å²) >= 11 is 0. The number of furan rings is 1. The molecule has 6 nitrogen and oxygen atoms in total. The Hall–Kier alpha value is -3.64. The Labute approximate surface area is 180 Å². The van der Waals surface area contributed by atoms with Crippen molar-refractivity contribution in [2.75, 3.05) is 24.6 Å². The van der Waals surface area contributed by atoms with Crippen molar-refractivity contribution in [2.24, 2.45) is 0 Å². The minimum absolute atomic E-state index is 0.0723. The minimum atomic E-state index is -0.149. The highest BCUT2D eigenvalue weighted by Crippen LogP contribution is 2.36. The molecule has 5 rings (SSSR count). The summed E-state index contributed by atoms with van der Waals surface area (Å²) in [6.07, 6.45) is 5.14. The second-order valence-electron chi connectivity index (χ2n) is 7.68. The molecule has 156 valence electrons. The first-order chi connectivity index (χ1) is 15.2. The third kappa shape index (κ3) is 3.78. The number of nitrogens with zero attached hydrogens (tertiary/aromatic N) is 2. The van der Waals surface area contributed by atoms with Crippen LogP contribution in [0.3, 0.4) is 0 Å². The van der Waals surface area contributed by atoms with Gasteiger partial charge in [-0.15, -0.1) is 0 Å². The summed E-state index contributed by atoms with van der Waals surface area (Å²) in [4.78, 5) is 19.2. The van der Waals surface area contributed by atoms with Crippen molar-refractivity contribution in [3.63, 3.8) is 0 Å². The van der Waals surface area contributed by atoms with Crippen molar-refractivity contribution >= 4 is 28.4 Å². The lowest BCUT2D eigenvalue weighted by atomic mass is 10.0. The van der Waals surface area contributed by atoms with Gasteiger partial charge in [-0.2, -0.15) is 0 Å². The van der Waals surface area contributed by atoms with Crippen LogP contribution in [0.4, 0.5) is 11.5 Å². The van der Waals surface area contributed by atoms with Crippen molar-refractivity contribution in [1.29, 1.82) is 0 Å². The van der Waals surface area contributed by atoms with Crippen LogP contribution in [-0.4, -0.2) is 35.7 Å². The molecule has 0 atom stereocenters. The van der Waals surface area contributed by atoms with E-state index in [1.165, 1.54) is 11.1 Å². The van der Waals surface area contributed by atoms with Crippen LogP contribution in [0.1, 0.15) is 27.0 Å². The molecule has 3 heterocycles. The highest BCUT2D eigenvalue weighted by molar-refractivity contribution is 5.98. The zero-order valence-corrected chi connectivity index (χ0v) is 17.0. The second kappa shape index (κ2) is 8.24. The first-order valence-electron chi connectivity index (χ1n) is 10.4. The number of carbonyl (C=O) groups is 1. The molecule has 0 saturated carbocycles. The van der Waals surface area contributed by atoms with Crippen LogP contribution in [0, 0.1) is 0 Å². The van der Waals surface area contributed by atoms with Gasteiger partial charge >= 0.3 is 0 Å². The Bertz CT molecular complexity index is 1250. The zero-order valence-electron chi connectivity index (χ0n) is 17.0. The van der Waals surface area contributed by atoms with Crippen molar-refractivity contribution < 1.29 is 14.3 Å². The number of aliphatic hydroxyl groups excluding tert-OH is 1. The number of amides is 1. The number of carbonyl (C=O) groups excluding carboxylic acids is 1. The lowest BCUT2D eigenvalue weighted by molar-refractivity contribution is 0.0944. The standard InChI is InChI=1S/C25H23N3O3/c29-12-10-27-25(30)21-2-1-3-22-20(21)7-11-28(22)24-16-18(6-9-26-24)14-17-4-5-23-19(15-17)8-13-31-23/h1-6,8-9,13,15-16,29H,7,10-12,14H2,(H,27,30). The van der Waals surface area contributed by atoms with Crippen LogP contribution in [-0.2, 0) is 12.8 Å². The number of hydrogen-bond acceptors (Lipinski definition) is 5. The Kier molecular flexibility index (Phi) is 5.14. The fourth-order valence-electron chi connectivity index (χ4n) is 4.23. The van der Waals surface area contributed by atoms with Gasteiger partial charge in [0.05, 0.1) is 12.9 Å². The number of fused-ring (bicyclic) bond motifs is 2. The third-order valence-corrected chi connectivity index (χ3v) is 5.68. The maximum absolute atomic E-state index is 12.5. The number of nitrogens with one attached hydrogen (secondary N) is 1. The largest absolute Gasteiger partial charge is 0.464 e. The van der Waals surface area contributed by atoms with E-state index in [-0.39, 0.29) is 19.1 Å². The number of pyridine rings is 1. The molecule has 4 aromatic rings. The van der Waals surface area contributed by atoms with E-state index in [9.17, 15) is 4.79 Å². The molecule has 0 saturated heterocycles. The lowest BCUT2D eigenvalue weighted by Crippen LogP contribution is -2.27. The topological polar surface area (TPSA) is 78.6 Å². The molecule has 2 aromatic carbocycles. The van der Waals surface area contributed by atoms with Crippen LogP contribution in [0.2, 0.25) is 0 Å². The van der Waals surface area contributed by atoms with Gasteiger partial charge < -0.3 is 19.7 Å². The molecule has 0 fully saturated rings. The molecule has 1 amide bonds. The molecule has 0 aliphatic carbocycles. The quantitative estimate of drug-likeness (QED) is 0.502. The van der Waals surface area contributed by atoms with E-state index in [2.05, 4.69) is 33.4 Å². The SMILES string of the molecule is O=C(NCCO)c1cccc2c1CCN2c1cc(Cc2ccc3occc3c2)ccn1. The summed E-state index contributed by atoms with van der Waals surface area (Å²) in [6.45, 7) is 0.953. The van der Waals surface area contributed by atoms with Gasteiger partial charge in [0.2, 0.25) is 0 Å². The number of hydrogen-bond donors (Lipinski definition) is 2. The average Bonchev–Trinajstić information content (AvgIpc) is 3.44. The van der Waals surface area contributed by atoms with E-state index >= 15 is 0 Å². The van der Waals surface area contributed by atoms with Gasteiger partial charge in [0.1, 0.15) is 11.4 Å². The van der Waals surface area contributed by atoms with Crippen molar-refractivity contribution in [2.45, 2.75) is 12.8 Å². The number of benzene rings is 2. The third-order valence-electron chi connectivity index (χ3n) is 5.68. The van der Waals surface area contributed by atoms with E-state index in [1.807, 2.05) is 42.6 Å². The predicted octanol–water partition coefficient (Wildman–Crippen LogP) is 3.83. The number of aromatic nitrogens is 1. The molecule has 6 heteroatoms. The maximum atomic E-state index is 12.5. The zero-order chi connectivity index (χ0) is 21.2. The Morgan fingerprint density at radius 1 is 1.13 bits per heavy atom. The molecule has 2 N–H and O–H groups in total. The summed E-state index contributed by atoms with van der Waals surface area (Å²) < 4.78 is 5.43. The fourth-order valence-corrected chi connectivity index (χ4v) is 4.23. The fraction of sp³-hybridized carbons (Fsp3) is 0.200. The molecule has 2 aromatic heterocycles. The highest BCUT2D eigenvalue weighted by Gasteiger charge is 2.26. The summed E-state index contributed by atoms with van der Waals surface area (Å²) in [5.74, 6) is 0.734. The molecular weight excluding hydrogens is 390 g/mol. The molecule has 1 aliphatic rings. The van der Waals surface area contributed by atoms with Crippen LogP contribution in [0.5, 0.6) is 0 Å². The van der Waals surface area contributed by atoms with Crippen molar-refractivity contribution in [3.05, 3.63) is 89.3 Å². The van der Waals surface area contributed by atoms with Gasteiger partial charge in [0.25, 0.3) is 5.91 Å². The van der Waals surface area contributed by atoms with E-state index in [0.717, 1.165) is 47.4 Å². The monoisotopic (exact) mass is 413 g/mol. The molecular formula is C25H23N3O3. The highest BCUT2D eigenvalue weighted by atomic mass is 16.3. The minimum Gasteiger partial charge on any atom is -0.464 e. The number of anilines is 2. The van der Waals surface area contributed by atoms with E-state index in [0.29, 0.717) is 5.56 Å². The average molecular weight is 413 g/mol. The predicted molar refractivity (Wildman–Crippen MR) is 120 cm³/mol. The Morgan fingerprint density at radius 3 is 2.94 bits per heavy atom. The van der Waals surface area contributed by atoms with Gasteiger partial charge in [-0.1, -0.05) is 12.1 Å². The van der Waals surface area contributed by atoms with Crippen molar-refractivity contribution in [1.82, 2.24) is 10.3 Å². The molecule has 0 unspecified atom stereocenters. The van der Waals surface area contributed by atoms with Crippen LogP contribution in [0.25, 0.3) is 11.0 Å². The smallest absolute Gasteiger partial charge is 0.251 e. The summed E-state index contributed by atoms with van der Waals surface area (Å²) in [7, 11) is 0. The van der Waals surface area contributed by atoms with Crippen LogP contribution < -0.4 is 10.2 Å². The van der Waals surface area contributed by atoms with Crippen molar-refractivity contribution in [3.8, 4) is 0 Å². The second-order valence-corrected chi connectivity index (χ2v) is 7.68. The van der Waals surface area contributed by atoms with Crippen LogP contribution in [0.15, 0.2) is 71.5 Å². The summed E-state index contributed by atoms with van der Waals surface area (Å²) in [6, 6.07) is 18.2. The van der Waals surface area contributed by atoms with E-state index in [1.54, 1.807) is 6.26 Å². The Balaban J connectivity index is 1.40. The number of rotatable bonds is 6. The molecule has 31 heavy (non-hydrogen) atoms. The first-order valence-corrected chi connectivity index (χ1v) is 10.4. The van der Waals surface area contributed by atoms with Gasteiger partial charge in [0, 0.05) is 35.9 Å². The van der Waals surface area contributed by atoms with E-state index < -0.39 is 0 Å². The normalized spacial score (nSPS) is 12.9. The van der Waals surface area contributed by atoms with E-state index in [4.69, 9.17) is 9.52 Å². The molecule has 0 spiro atoms. The van der Waals surface area contributed by atoms with Gasteiger partial charge in [-0.3, -0.25) is 4.79 Å². The number of aliphatic hydroxyl groups is 1. The summed E-state index contributed by atoms with van der Waals surface area (Å²) in [5, 5.41) is 12.8. The van der Waals surface area contributed by atoms with Gasteiger partial charge in [-0.25, -0.2) is 4.98 Å². The lowest BCUT2D eigenvalue weighted by Gasteiger charge is -2.19. The Morgan fingerprint density at radius 2 is 2.03 bits per heavy atom. The molecule has 1 aliphatic heterocycles. The molecule has 0 radical (unpaired) electrons. The molecule has 0 bridgehead atoms. The van der Waals surface area contributed by atoms with Gasteiger partial charge in [0.15, 0.2) is 0 Å². The first kappa shape index (κ1) is 19.3. The van der Waals surface area contributed by atoms with Crippen LogP contribution >= 0.6 is 0 Å². The van der Waals surface area contributed by atoms with Gasteiger partial charge in [-0.05, 0) is 72.0 Å².